The molecule has 6 nitrogen and oxygen atoms in total. The number of amides is 1. The second-order valence-corrected chi connectivity index (χ2v) is 7.51. The van der Waals surface area contributed by atoms with E-state index in [0.29, 0.717) is 23.6 Å². The predicted octanol–water partition coefficient (Wildman–Crippen LogP) is 4.86. The van der Waals surface area contributed by atoms with Gasteiger partial charge in [-0.25, -0.2) is 9.67 Å². The van der Waals surface area contributed by atoms with Crippen molar-refractivity contribution in [3.63, 3.8) is 0 Å². The molecular weight excluding hydrogens is 441 g/mol. The molecule has 4 rings (SSSR count). The van der Waals surface area contributed by atoms with Crippen LogP contribution in [-0.4, -0.2) is 20.7 Å². The molecule has 1 N–H and O–H groups in total. The van der Waals surface area contributed by atoms with Crippen LogP contribution in [0.15, 0.2) is 71.7 Å². The van der Waals surface area contributed by atoms with Gasteiger partial charge in [-0.2, -0.15) is 18.3 Å². The number of rotatable bonds is 7. The number of nitrogens with one attached hydrogen (secondary N) is 1. The largest absolute Gasteiger partial charge is 0.487 e. The molecule has 0 fully saturated rings. The van der Waals surface area contributed by atoms with Crippen LogP contribution in [-0.2, 0) is 19.3 Å². The van der Waals surface area contributed by atoms with E-state index in [-0.39, 0.29) is 12.5 Å². The topological polar surface area (TPSA) is 69.0 Å². The summed E-state index contributed by atoms with van der Waals surface area (Å²) in [5.74, 6) is 0.294. The summed E-state index contributed by atoms with van der Waals surface area (Å²) in [4.78, 5) is 16.6. The van der Waals surface area contributed by atoms with Gasteiger partial charge in [0.25, 0.3) is 5.91 Å². The summed E-state index contributed by atoms with van der Waals surface area (Å²) in [5.41, 5.74) is 3.32. The molecule has 0 spiro atoms. The molecule has 2 aromatic heterocycles. The number of benzene rings is 2. The van der Waals surface area contributed by atoms with Gasteiger partial charge >= 0.3 is 6.18 Å². The highest BCUT2D eigenvalue weighted by atomic mass is 32.1. The molecule has 0 atom stereocenters. The predicted molar refractivity (Wildman–Crippen MR) is 113 cm³/mol. The van der Waals surface area contributed by atoms with Crippen LogP contribution in [0.2, 0.25) is 0 Å². The zero-order valence-electron chi connectivity index (χ0n) is 16.5. The normalized spacial score (nSPS) is 11.3. The minimum atomic E-state index is -4.49. The Morgan fingerprint density at radius 1 is 1.12 bits per heavy atom. The second kappa shape index (κ2) is 9.23. The first-order valence-corrected chi connectivity index (χ1v) is 10.4. The molecule has 0 saturated heterocycles. The first kappa shape index (κ1) is 21.6. The number of hydrogen-bond donors (Lipinski definition) is 1. The summed E-state index contributed by atoms with van der Waals surface area (Å²) in [6.45, 7) is 0.581. The fraction of sp³-hybridized carbons (Fsp3) is 0.136. The minimum absolute atomic E-state index is 0.260. The van der Waals surface area contributed by atoms with Crippen molar-refractivity contribution in [1.82, 2.24) is 20.1 Å². The third-order valence-electron chi connectivity index (χ3n) is 4.50. The fourth-order valence-electron chi connectivity index (χ4n) is 2.86. The van der Waals surface area contributed by atoms with Gasteiger partial charge < -0.3 is 10.1 Å². The highest BCUT2D eigenvalue weighted by Crippen LogP contribution is 2.27. The van der Waals surface area contributed by atoms with Crippen LogP contribution < -0.4 is 10.1 Å². The molecule has 0 radical (unpaired) electrons. The molecule has 4 aromatic rings. The van der Waals surface area contributed by atoms with Crippen molar-refractivity contribution in [2.24, 2.45) is 0 Å². The Hall–Kier alpha value is -3.66. The monoisotopic (exact) mass is 458 g/mol. The fourth-order valence-corrected chi connectivity index (χ4v) is 3.41. The number of aromatic nitrogens is 3. The van der Waals surface area contributed by atoms with E-state index >= 15 is 0 Å². The van der Waals surface area contributed by atoms with Crippen LogP contribution in [0.25, 0.3) is 5.69 Å². The Balaban J connectivity index is 1.34. The number of alkyl halides is 3. The average Bonchev–Trinajstić information content (AvgIpc) is 3.49. The highest BCUT2D eigenvalue weighted by Gasteiger charge is 2.33. The van der Waals surface area contributed by atoms with Gasteiger partial charge in [0, 0.05) is 23.7 Å². The Bertz CT molecular complexity index is 1190. The number of carbonyl (C=O) groups excluding carboxylic acids is 1. The molecule has 0 bridgehead atoms. The van der Waals surface area contributed by atoms with E-state index in [4.69, 9.17) is 4.74 Å². The molecule has 1 amide bonds. The maximum Gasteiger partial charge on any atom is 0.435 e. The number of hydrogen-bond acceptors (Lipinski definition) is 5. The van der Waals surface area contributed by atoms with Crippen molar-refractivity contribution in [1.29, 1.82) is 0 Å². The Labute approximate surface area is 185 Å². The van der Waals surface area contributed by atoms with Gasteiger partial charge in [-0.05, 0) is 42.0 Å². The number of ether oxygens (including phenoxy) is 1. The van der Waals surface area contributed by atoms with Gasteiger partial charge in [0.05, 0.1) is 16.9 Å². The maximum absolute atomic E-state index is 12.7. The van der Waals surface area contributed by atoms with Crippen molar-refractivity contribution in [3.05, 3.63) is 94.2 Å². The molecule has 0 aliphatic carbocycles. The van der Waals surface area contributed by atoms with Gasteiger partial charge in [0.2, 0.25) is 0 Å². The molecule has 0 aliphatic heterocycles. The van der Waals surface area contributed by atoms with Crippen LogP contribution in [0.1, 0.15) is 27.3 Å². The van der Waals surface area contributed by atoms with Crippen molar-refractivity contribution in [2.45, 2.75) is 19.3 Å². The summed E-state index contributed by atoms with van der Waals surface area (Å²) >= 11 is 1.48. The number of nitrogens with zero attached hydrogens (tertiary/aromatic N) is 3. The van der Waals surface area contributed by atoms with Crippen LogP contribution >= 0.6 is 11.3 Å². The summed E-state index contributed by atoms with van der Waals surface area (Å²) in [5, 5.41) is 8.25. The lowest BCUT2D eigenvalue weighted by molar-refractivity contribution is -0.141. The van der Waals surface area contributed by atoms with E-state index in [9.17, 15) is 18.0 Å². The van der Waals surface area contributed by atoms with Crippen LogP contribution in [0, 0.1) is 0 Å². The van der Waals surface area contributed by atoms with E-state index in [1.165, 1.54) is 17.5 Å². The van der Waals surface area contributed by atoms with Gasteiger partial charge in [0.15, 0.2) is 5.69 Å². The summed E-state index contributed by atoms with van der Waals surface area (Å²) in [6.07, 6.45) is -3.23. The van der Waals surface area contributed by atoms with Crippen molar-refractivity contribution in [3.8, 4) is 11.4 Å². The van der Waals surface area contributed by atoms with Gasteiger partial charge in [-0.15, -0.1) is 11.3 Å². The molecule has 0 aliphatic rings. The molecule has 32 heavy (non-hydrogen) atoms. The van der Waals surface area contributed by atoms with Crippen LogP contribution in [0.4, 0.5) is 13.2 Å². The number of carbonyl (C=O) groups is 1. The number of halogens is 3. The van der Waals surface area contributed by atoms with E-state index in [0.717, 1.165) is 22.0 Å². The van der Waals surface area contributed by atoms with Crippen molar-refractivity contribution < 1.29 is 22.7 Å². The average molecular weight is 458 g/mol. The second-order valence-electron chi connectivity index (χ2n) is 6.79. The van der Waals surface area contributed by atoms with Gasteiger partial charge in [0.1, 0.15) is 12.4 Å². The van der Waals surface area contributed by atoms with E-state index in [2.05, 4.69) is 15.4 Å². The van der Waals surface area contributed by atoms with E-state index in [1.807, 2.05) is 5.38 Å². The summed E-state index contributed by atoms with van der Waals surface area (Å²) in [7, 11) is 0. The van der Waals surface area contributed by atoms with Crippen molar-refractivity contribution >= 4 is 17.2 Å². The van der Waals surface area contributed by atoms with E-state index in [1.54, 1.807) is 54.0 Å². The molecule has 2 heterocycles. The first-order chi connectivity index (χ1) is 15.4. The first-order valence-electron chi connectivity index (χ1n) is 9.49. The lowest BCUT2D eigenvalue weighted by Crippen LogP contribution is -2.22. The Morgan fingerprint density at radius 3 is 2.62 bits per heavy atom. The molecule has 10 heteroatoms. The molecule has 0 unspecified atom stereocenters. The lowest BCUT2D eigenvalue weighted by atomic mass is 10.1. The lowest BCUT2D eigenvalue weighted by Gasteiger charge is -2.09. The quantitative estimate of drug-likeness (QED) is 0.430. The highest BCUT2D eigenvalue weighted by molar-refractivity contribution is 7.07. The van der Waals surface area contributed by atoms with E-state index < -0.39 is 11.9 Å². The Morgan fingerprint density at radius 2 is 1.94 bits per heavy atom. The standard InChI is InChI=1S/C22H17F3N4O2S/c23-22(24,25)20-8-9-29(28-20)18-6-4-15(5-7-18)11-26-21(30)16-2-1-3-19(10-16)31-12-17-13-32-14-27-17/h1-10,13-14H,11-12H2,(H,26,30). The molecule has 164 valence electrons. The zero-order chi connectivity index (χ0) is 22.6. The van der Waals surface area contributed by atoms with Crippen molar-refractivity contribution in [2.75, 3.05) is 0 Å². The van der Waals surface area contributed by atoms with Gasteiger partial charge in [-0.1, -0.05) is 18.2 Å². The molecule has 2 aromatic carbocycles. The van der Waals surface area contributed by atoms with Crippen LogP contribution in [0.5, 0.6) is 5.75 Å². The SMILES string of the molecule is O=C(NCc1ccc(-n2ccc(C(F)(F)F)n2)cc1)c1cccc(OCc2cscn2)c1. The third kappa shape index (κ3) is 5.33. The van der Waals surface area contributed by atoms with Gasteiger partial charge in [-0.3, -0.25) is 4.79 Å². The summed E-state index contributed by atoms with van der Waals surface area (Å²) < 4.78 is 44.9. The Kier molecular flexibility index (Phi) is 6.22. The minimum Gasteiger partial charge on any atom is -0.487 e. The zero-order valence-corrected chi connectivity index (χ0v) is 17.4. The van der Waals surface area contributed by atoms with Crippen LogP contribution in [0.3, 0.4) is 0 Å². The smallest absolute Gasteiger partial charge is 0.435 e. The summed E-state index contributed by atoms with van der Waals surface area (Å²) in [6, 6.07) is 14.5. The molecule has 0 saturated carbocycles. The third-order valence-corrected chi connectivity index (χ3v) is 5.14. The number of thiazole rings is 1. The maximum atomic E-state index is 12.7. The molecular formula is C22H17F3N4O2S.